The number of rotatable bonds is 9. The maximum atomic E-state index is 14.8. The van der Waals surface area contributed by atoms with Crippen LogP contribution in [0.3, 0.4) is 0 Å². The van der Waals surface area contributed by atoms with E-state index < -0.39 is 5.82 Å². The number of likely N-dealkylation sites (tertiary alicyclic amines) is 1. The van der Waals surface area contributed by atoms with Crippen LogP contribution < -0.4 is 15.4 Å². The van der Waals surface area contributed by atoms with Gasteiger partial charge in [0.05, 0.1) is 40.7 Å². The third-order valence-corrected chi connectivity index (χ3v) is 9.29. The second-order valence-electron chi connectivity index (χ2n) is 12.4. The van der Waals surface area contributed by atoms with Crippen LogP contribution in [-0.4, -0.2) is 103 Å². The number of nitrogen functional groups attached to an aromatic ring is 1. The van der Waals surface area contributed by atoms with Gasteiger partial charge in [0.15, 0.2) is 0 Å². The zero-order valence-electron chi connectivity index (χ0n) is 26.7. The first-order valence-electron chi connectivity index (χ1n) is 15.7. The second kappa shape index (κ2) is 13.7. The van der Waals surface area contributed by atoms with Crippen molar-refractivity contribution >= 4 is 50.9 Å². The molecule has 2 N–H and O–H groups in total. The van der Waals surface area contributed by atoms with Gasteiger partial charge < -0.3 is 34.5 Å². The predicted molar refractivity (Wildman–Crippen MR) is 181 cm³/mol. The van der Waals surface area contributed by atoms with Crippen molar-refractivity contribution in [3.63, 3.8) is 0 Å². The maximum Gasteiger partial charge on any atom is 0.319 e. The van der Waals surface area contributed by atoms with Gasteiger partial charge in [0.25, 0.3) is 0 Å². The fraction of sp³-hybridized carbons (Fsp3) is 0.412. The lowest BCUT2D eigenvalue weighted by Gasteiger charge is -2.41. The molecule has 0 bridgehead atoms. The SMILES string of the molecule is CN(C)C/C=C/C(=O)N1CCN(c2nc(OC[C@@H]3CCCN3C)nc3cc(-c4cc(N)cc(F)c4Cl)c4ccoc4c23)C[C@@H]1CC#N. The average Bonchev–Trinajstić information content (AvgIpc) is 3.70. The van der Waals surface area contributed by atoms with Gasteiger partial charge >= 0.3 is 6.01 Å². The first-order chi connectivity index (χ1) is 22.6. The zero-order chi connectivity index (χ0) is 33.2. The number of likely N-dealkylation sites (N-methyl/N-ethyl adjacent to an activating group) is 2. The molecule has 2 saturated heterocycles. The number of halogens is 2. The van der Waals surface area contributed by atoms with Crippen molar-refractivity contribution in [3.8, 4) is 23.2 Å². The minimum Gasteiger partial charge on any atom is -0.463 e. The molecular formula is C34H38ClFN8O3. The van der Waals surface area contributed by atoms with Gasteiger partial charge in [-0.3, -0.25) is 4.79 Å². The average molecular weight is 661 g/mol. The van der Waals surface area contributed by atoms with Crippen molar-refractivity contribution in [3.05, 3.63) is 53.5 Å². The molecule has 6 rings (SSSR count). The van der Waals surface area contributed by atoms with Gasteiger partial charge in [-0.2, -0.15) is 15.2 Å². The quantitative estimate of drug-likeness (QED) is 0.195. The van der Waals surface area contributed by atoms with Gasteiger partial charge in [-0.25, -0.2) is 4.39 Å². The fourth-order valence-corrected chi connectivity index (χ4v) is 6.67. The number of furan rings is 1. The van der Waals surface area contributed by atoms with Crippen molar-refractivity contribution in [1.29, 1.82) is 5.26 Å². The number of ether oxygens (including phenoxy) is 1. The molecule has 1 amide bonds. The topological polar surface area (TPSA) is 128 Å². The van der Waals surface area contributed by atoms with Crippen LogP contribution in [0.4, 0.5) is 15.9 Å². The van der Waals surface area contributed by atoms with Crippen LogP contribution in [-0.2, 0) is 4.79 Å². The molecule has 47 heavy (non-hydrogen) atoms. The summed E-state index contributed by atoms with van der Waals surface area (Å²) in [7, 11) is 5.94. The lowest BCUT2D eigenvalue weighted by molar-refractivity contribution is -0.128. The van der Waals surface area contributed by atoms with Gasteiger partial charge in [-0.05, 0) is 70.4 Å². The summed E-state index contributed by atoms with van der Waals surface area (Å²) in [6.07, 6.45) is 7.23. The summed E-state index contributed by atoms with van der Waals surface area (Å²) >= 11 is 6.47. The van der Waals surface area contributed by atoms with Crippen molar-refractivity contribution in [2.75, 3.05) is 71.1 Å². The number of carbonyl (C=O) groups is 1. The van der Waals surface area contributed by atoms with E-state index in [9.17, 15) is 14.4 Å². The molecule has 2 aromatic heterocycles. The third-order valence-electron chi connectivity index (χ3n) is 8.90. The van der Waals surface area contributed by atoms with Crippen LogP contribution in [0.5, 0.6) is 6.01 Å². The molecule has 2 aliphatic rings. The summed E-state index contributed by atoms with van der Waals surface area (Å²) in [6.45, 7) is 3.28. The van der Waals surface area contributed by atoms with Crippen LogP contribution >= 0.6 is 11.6 Å². The highest BCUT2D eigenvalue weighted by molar-refractivity contribution is 6.34. The van der Waals surface area contributed by atoms with Gasteiger partial charge in [0, 0.05) is 54.9 Å². The third kappa shape index (κ3) is 6.70. The van der Waals surface area contributed by atoms with E-state index in [2.05, 4.69) is 22.9 Å². The monoisotopic (exact) mass is 660 g/mol. The van der Waals surface area contributed by atoms with Gasteiger partial charge in [-0.15, -0.1) is 0 Å². The number of benzene rings is 2. The number of fused-ring (bicyclic) bond motifs is 3. The Bertz CT molecular complexity index is 1870. The van der Waals surface area contributed by atoms with Crippen LogP contribution in [0.2, 0.25) is 5.02 Å². The van der Waals surface area contributed by atoms with Gasteiger partial charge in [0.1, 0.15) is 23.8 Å². The molecule has 246 valence electrons. The van der Waals surface area contributed by atoms with E-state index in [-0.39, 0.29) is 41.1 Å². The minimum absolute atomic E-state index is 0.0594. The highest BCUT2D eigenvalue weighted by Gasteiger charge is 2.32. The van der Waals surface area contributed by atoms with Gasteiger partial charge in [-0.1, -0.05) is 17.7 Å². The molecule has 11 nitrogen and oxygen atoms in total. The summed E-state index contributed by atoms with van der Waals surface area (Å²) in [5.74, 6) is -0.188. The van der Waals surface area contributed by atoms with Crippen LogP contribution in [0.15, 0.2) is 47.1 Å². The summed E-state index contributed by atoms with van der Waals surface area (Å²) in [5, 5.41) is 11.0. The lowest BCUT2D eigenvalue weighted by Crippen LogP contribution is -2.55. The molecule has 0 unspecified atom stereocenters. The highest BCUT2D eigenvalue weighted by Crippen LogP contribution is 2.43. The molecule has 2 aromatic carbocycles. The Morgan fingerprint density at radius 3 is 2.81 bits per heavy atom. The largest absolute Gasteiger partial charge is 0.463 e. The molecule has 0 aliphatic carbocycles. The number of hydrogen-bond acceptors (Lipinski definition) is 10. The van der Waals surface area contributed by atoms with E-state index in [1.54, 1.807) is 29.4 Å². The van der Waals surface area contributed by atoms with Crippen LogP contribution in [0, 0.1) is 17.1 Å². The lowest BCUT2D eigenvalue weighted by atomic mass is 9.98. The molecule has 0 spiro atoms. The number of aromatic nitrogens is 2. The number of amides is 1. The molecule has 2 atom stereocenters. The first-order valence-corrected chi connectivity index (χ1v) is 16.1. The van der Waals surface area contributed by atoms with E-state index in [0.717, 1.165) is 19.4 Å². The Hall–Kier alpha value is -4.44. The number of nitriles is 1. The predicted octanol–water partition coefficient (Wildman–Crippen LogP) is 4.94. The summed E-state index contributed by atoms with van der Waals surface area (Å²) in [5.41, 5.74) is 8.29. The normalized spacial score (nSPS) is 19.0. The molecule has 2 fully saturated rings. The molecule has 4 aromatic rings. The molecule has 0 radical (unpaired) electrons. The minimum atomic E-state index is -0.626. The number of anilines is 2. The maximum absolute atomic E-state index is 14.8. The Morgan fingerprint density at radius 1 is 1.23 bits per heavy atom. The molecular weight excluding hydrogens is 623 g/mol. The van der Waals surface area contributed by atoms with Crippen LogP contribution in [0.1, 0.15) is 19.3 Å². The molecule has 2 aliphatic heterocycles. The van der Waals surface area contributed by atoms with Crippen molar-refractivity contribution in [2.24, 2.45) is 0 Å². The zero-order valence-corrected chi connectivity index (χ0v) is 27.5. The number of carbonyl (C=O) groups excluding carboxylic acids is 1. The summed E-state index contributed by atoms with van der Waals surface area (Å²) in [4.78, 5) is 31.0. The van der Waals surface area contributed by atoms with E-state index in [1.165, 1.54) is 6.07 Å². The summed E-state index contributed by atoms with van der Waals surface area (Å²) in [6, 6.07) is 8.75. The van der Waals surface area contributed by atoms with E-state index in [1.807, 2.05) is 31.1 Å². The fourth-order valence-electron chi connectivity index (χ4n) is 6.46. The molecule has 0 saturated carbocycles. The smallest absolute Gasteiger partial charge is 0.319 e. The standard InChI is InChI=1S/C34H38ClFN8O3/c1-41(2)11-5-7-29(45)44-14-13-43(19-22(44)8-10-37)33-30-28(39-34(40-33)47-20-23-6-4-12-42(23)3)18-25(24-9-15-46-32(24)30)26-16-21(38)17-27(36)31(26)35/h5,7,9,15-18,22-23H,4,6,8,11-14,19-20,38H2,1-3H3/b7-5+/t22-,23-/m0/s1. The number of nitrogens with zero attached hydrogens (tertiary/aromatic N) is 7. The van der Waals surface area contributed by atoms with Crippen molar-refractivity contribution < 1.29 is 18.3 Å². The Kier molecular flexibility index (Phi) is 9.50. The second-order valence-corrected chi connectivity index (χ2v) is 12.8. The molecule has 4 heterocycles. The summed E-state index contributed by atoms with van der Waals surface area (Å²) < 4.78 is 27.1. The number of piperazine rings is 1. The van der Waals surface area contributed by atoms with Crippen LogP contribution in [0.25, 0.3) is 33.0 Å². The highest BCUT2D eigenvalue weighted by atomic mass is 35.5. The van der Waals surface area contributed by atoms with E-state index in [0.29, 0.717) is 71.6 Å². The van der Waals surface area contributed by atoms with Crippen molar-refractivity contribution in [1.82, 2.24) is 24.7 Å². The molecule has 13 heteroatoms. The number of hydrogen-bond donors (Lipinski definition) is 1. The number of nitrogens with two attached hydrogens (primary N) is 1. The van der Waals surface area contributed by atoms with E-state index >= 15 is 0 Å². The Balaban J connectivity index is 1.44. The van der Waals surface area contributed by atoms with Crippen molar-refractivity contribution in [2.45, 2.75) is 31.3 Å². The first kappa shape index (κ1) is 32.5. The Morgan fingerprint density at radius 2 is 2.06 bits per heavy atom. The Labute approximate surface area is 277 Å². The van der Waals surface area contributed by atoms with Gasteiger partial charge in [0.2, 0.25) is 5.91 Å². The van der Waals surface area contributed by atoms with E-state index in [4.69, 9.17) is 36.5 Å².